The van der Waals surface area contributed by atoms with Gasteiger partial charge >= 0.3 is 11.9 Å². The molecule has 0 spiro atoms. The lowest BCUT2D eigenvalue weighted by molar-refractivity contribution is -0.155. The van der Waals surface area contributed by atoms with Gasteiger partial charge in [0.1, 0.15) is 11.9 Å². The molecule has 2 N–H and O–H groups in total. The van der Waals surface area contributed by atoms with E-state index in [0.29, 0.717) is 12.2 Å². The summed E-state index contributed by atoms with van der Waals surface area (Å²) in [5.74, 6) is 1.30. The quantitative estimate of drug-likeness (QED) is 0.377. The molecule has 0 aliphatic heterocycles. The Morgan fingerprint density at radius 3 is 2.59 bits per heavy atom. The minimum Gasteiger partial charge on any atom is -0.497 e. The van der Waals surface area contributed by atoms with Gasteiger partial charge in [0, 0.05) is 5.92 Å². The van der Waals surface area contributed by atoms with Crippen LogP contribution in [-0.2, 0) is 20.9 Å². The van der Waals surface area contributed by atoms with Crippen molar-refractivity contribution >= 4 is 11.9 Å². The predicted molar refractivity (Wildman–Crippen MR) is 108 cm³/mol. The van der Waals surface area contributed by atoms with Gasteiger partial charge in [-0.3, -0.25) is 9.59 Å². The zero-order chi connectivity index (χ0) is 21.4. The second-order valence-electron chi connectivity index (χ2n) is 6.80. The van der Waals surface area contributed by atoms with Crippen molar-refractivity contribution in [3.05, 3.63) is 65.3 Å². The average molecular weight is 396 g/mol. The van der Waals surface area contributed by atoms with E-state index >= 15 is 0 Å². The van der Waals surface area contributed by atoms with Crippen LogP contribution in [-0.4, -0.2) is 35.4 Å². The molecule has 6 heteroatoms. The fraction of sp³-hybridized carbons (Fsp3) is 0.304. The van der Waals surface area contributed by atoms with Crippen LogP contribution in [0, 0.1) is 23.7 Å². The number of carboxylic acid groups (broad SMARTS) is 2. The van der Waals surface area contributed by atoms with Crippen LogP contribution in [0.25, 0.3) is 0 Å². The topological polar surface area (TPSA) is 93.1 Å². The Bertz CT molecular complexity index is 895. The average Bonchev–Trinajstić information content (AvgIpc) is 2.90. The highest BCUT2D eigenvalue weighted by Gasteiger charge is 2.35. The molecule has 0 aromatic heterocycles. The molecule has 1 aromatic carbocycles. The molecule has 29 heavy (non-hydrogen) atoms. The van der Waals surface area contributed by atoms with Crippen LogP contribution in [0.15, 0.2) is 59.7 Å². The van der Waals surface area contributed by atoms with E-state index in [0.717, 1.165) is 16.9 Å². The first kappa shape index (κ1) is 22.0. The summed E-state index contributed by atoms with van der Waals surface area (Å²) < 4.78 is 11.0. The maximum absolute atomic E-state index is 11.5. The molecule has 0 fully saturated rings. The van der Waals surface area contributed by atoms with Crippen molar-refractivity contribution in [1.82, 2.24) is 0 Å². The highest BCUT2D eigenvalue weighted by molar-refractivity contribution is 5.94. The van der Waals surface area contributed by atoms with Gasteiger partial charge in [-0.2, -0.15) is 0 Å². The van der Waals surface area contributed by atoms with E-state index in [-0.39, 0.29) is 0 Å². The van der Waals surface area contributed by atoms with Gasteiger partial charge in [0.25, 0.3) is 0 Å². The Balaban J connectivity index is 2.17. The maximum atomic E-state index is 11.5. The summed E-state index contributed by atoms with van der Waals surface area (Å²) in [5, 5.41) is 18.8. The first-order valence-corrected chi connectivity index (χ1v) is 9.06. The zero-order valence-electron chi connectivity index (χ0n) is 16.6. The van der Waals surface area contributed by atoms with Crippen molar-refractivity contribution in [1.29, 1.82) is 0 Å². The normalized spacial score (nSPS) is 16.1. The lowest BCUT2D eigenvalue weighted by Gasteiger charge is -2.19. The Morgan fingerprint density at radius 2 is 1.97 bits per heavy atom. The molecule has 2 unspecified atom stereocenters. The molecule has 2 rings (SSSR count). The summed E-state index contributed by atoms with van der Waals surface area (Å²) in [6.07, 6.45) is 6.07. The summed E-state index contributed by atoms with van der Waals surface area (Å²) in [5.41, 5.74) is 2.26. The second-order valence-corrected chi connectivity index (χ2v) is 6.80. The van der Waals surface area contributed by atoms with Gasteiger partial charge in [-0.05, 0) is 49.3 Å². The highest BCUT2D eigenvalue weighted by atomic mass is 16.5. The summed E-state index contributed by atoms with van der Waals surface area (Å²) >= 11 is 0. The monoisotopic (exact) mass is 396 g/mol. The molecule has 0 bridgehead atoms. The fourth-order valence-electron chi connectivity index (χ4n) is 2.91. The van der Waals surface area contributed by atoms with Gasteiger partial charge in [-0.1, -0.05) is 41.7 Å². The number of hydrogen-bond donors (Lipinski definition) is 2. The first-order valence-electron chi connectivity index (χ1n) is 9.06. The van der Waals surface area contributed by atoms with E-state index in [2.05, 4.69) is 11.8 Å². The summed E-state index contributed by atoms with van der Waals surface area (Å²) in [6.45, 7) is 3.90. The van der Waals surface area contributed by atoms with Gasteiger partial charge < -0.3 is 19.7 Å². The Hall–Kier alpha value is -3.30. The number of carboxylic acids is 2. The number of rotatable bonds is 9. The van der Waals surface area contributed by atoms with Crippen LogP contribution in [0.4, 0.5) is 0 Å². The van der Waals surface area contributed by atoms with Crippen molar-refractivity contribution in [2.45, 2.75) is 26.6 Å². The number of aliphatic carboxylic acids is 2. The molecule has 2 atom stereocenters. The number of hydrogen-bond acceptors (Lipinski definition) is 4. The number of benzene rings is 1. The van der Waals surface area contributed by atoms with E-state index in [1.165, 1.54) is 0 Å². The van der Waals surface area contributed by atoms with Gasteiger partial charge in [-0.25, -0.2) is 0 Å². The molecule has 0 amide bonds. The van der Waals surface area contributed by atoms with Crippen LogP contribution >= 0.6 is 0 Å². The van der Waals surface area contributed by atoms with E-state index in [1.807, 2.05) is 24.3 Å². The van der Waals surface area contributed by atoms with Gasteiger partial charge in [-0.15, -0.1) is 0 Å². The van der Waals surface area contributed by atoms with Crippen molar-refractivity contribution in [2.24, 2.45) is 11.8 Å². The second kappa shape index (κ2) is 10.3. The minimum absolute atomic E-state index is 0.320. The number of allylic oxidation sites excluding steroid dienone is 5. The molecule has 6 nitrogen and oxygen atoms in total. The van der Waals surface area contributed by atoms with Crippen LogP contribution in [0.3, 0.4) is 0 Å². The third-order valence-corrected chi connectivity index (χ3v) is 4.28. The Kier molecular flexibility index (Phi) is 7.81. The third-order valence-electron chi connectivity index (χ3n) is 4.28. The summed E-state index contributed by atoms with van der Waals surface area (Å²) in [6, 6.07) is 7.49. The molecule has 1 aromatic rings. The summed E-state index contributed by atoms with van der Waals surface area (Å²) in [7, 11) is 1.59. The molecule has 1 aliphatic carbocycles. The van der Waals surface area contributed by atoms with Crippen molar-refractivity contribution in [3.8, 4) is 17.6 Å². The summed E-state index contributed by atoms with van der Waals surface area (Å²) in [4.78, 5) is 23.1. The fourth-order valence-corrected chi connectivity index (χ4v) is 2.91. The van der Waals surface area contributed by atoms with Crippen LogP contribution in [0.1, 0.15) is 19.4 Å². The number of ether oxygens (including phenoxy) is 2. The predicted octanol–water partition coefficient (Wildman–Crippen LogP) is 3.45. The van der Waals surface area contributed by atoms with Crippen LogP contribution in [0.5, 0.6) is 5.75 Å². The van der Waals surface area contributed by atoms with E-state index in [1.54, 1.807) is 45.3 Å². The van der Waals surface area contributed by atoms with E-state index in [4.69, 9.17) is 9.47 Å². The van der Waals surface area contributed by atoms with Crippen LogP contribution < -0.4 is 4.74 Å². The van der Waals surface area contributed by atoms with Gasteiger partial charge in [0.05, 0.1) is 13.7 Å². The van der Waals surface area contributed by atoms with Gasteiger partial charge in [0.15, 0.2) is 5.92 Å². The lowest BCUT2D eigenvalue weighted by atomic mass is 9.84. The smallest absolute Gasteiger partial charge is 0.318 e. The Morgan fingerprint density at radius 1 is 1.24 bits per heavy atom. The molecular weight excluding hydrogens is 372 g/mol. The van der Waals surface area contributed by atoms with Gasteiger partial charge in [0.2, 0.25) is 0 Å². The molecule has 1 aliphatic rings. The number of carbonyl (C=O) groups is 2. The van der Waals surface area contributed by atoms with E-state index in [9.17, 15) is 19.8 Å². The first-order chi connectivity index (χ1) is 13.8. The zero-order valence-corrected chi connectivity index (χ0v) is 16.6. The maximum Gasteiger partial charge on any atom is 0.318 e. The SMILES string of the molecule is COc1cccc(COC2C#CC=C(C(C=C(C)C)C(C(=O)O)C(=O)O)C=C2)c1. The Labute approximate surface area is 170 Å². The highest BCUT2D eigenvalue weighted by Crippen LogP contribution is 2.27. The molecule has 152 valence electrons. The van der Waals surface area contributed by atoms with Crippen LogP contribution in [0.2, 0.25) is 0 Å². The molecule has 0 saturated heterocycles. The van der Waals surface area contributed by atoms with Crippen molar-refractivity contribution in [2.75, 3.05) is 7.11 Å². The van der Waals surface area contributed by atoms with Crippen molar-refractivity contribution < 1.29 is 29.3 Å². The van der Waals surface area contributed by atoms with Crippen molar-refractivity contribution in [3.63, 3.8) is 0 Å². The minimum atomic E-state index is -1.60. The molecular formula is C23H24O6. The van der Waals surface area contributed by atoms with E-state index < -0.39 is 29.9 Å². The third kappa shape index (κ3) is 6.37. The molecule has 0 heterocycles. The molecule has 0 radical (unpaired) electrons. The standard InChI is InChI=1S/C23H24O6/c1-15(2)12-20(21(22(24)25)23(26)27)17-7-5-8-18(11-10-17)29-14-16-6-4-9-19(13-16)28-3/h4,6-7,9-13,18,20-21H,14H2,1-3H3,(H,24,25)(H,26,27). The largest absolute Gasteiger partial charge is 0.497 e. The lowest BCUT2D eigenvalue weighted by Crippen LogP contribution is -2.31. The number of methoxy groups -OCH3 is 1. The molecule has 0 saturated carbocycles.